The molecule has 0 radical (unpaired) electrons. The number of fused-ring (bicyclic) bond motifs is 3. The van der Waals surface area contributed by atoms with Crippen LogP contribution >= 0.6 is 0 Å². The predicted molar refractivity (Wildman–Crippen MR) is 142 cm³/mol. The number of ether oxygens (including phenoxy) is 2. The number of dihydropyridines is 1. The lowest BCUT2D eigenvalue weighted by Crippen LogP contribution is -2.43. The number of Topliss-reactive ketones (excluding diaryl/α,β-unsaturated/α-hetero) is 1. The van der Waals surface area contributed by atoms with E-state index in [9.17, 15) is 14.4 Å². The molecule has 0 bridgehead atoms. The molecule has 3 aromatic rings. The lowest BCUT2D eigenvalue weighted by Gasteiger charge is -2.38. The lowest BCUT2D eigenvalue weighted by atomic mass is 9.69. The summed E-state index contributed by atoms with van der Waals surface area (Å²) < 4.78 is 12.7. The molecule has 2 aromatic carbocycles. The van der Waals surface area contributed by atoms with Crippen molar-refractivity contribution in [3.05, 3.63) is 70.6 Å². The molecule has 1 aromatic heterocycles. The quantitative estimate of drug-likeness (QED) is 0.392. The summed E-state index contributed by atoms with van der Waals surface area (Å²) in [4.78, 5) is 39.9. The van der Waals surface area contributed by atoms with E-state index in [0.29, 0.717) is 23.3 Å². The van der Waals surface area contributed by atoms with Crippen molar-refractivity contribution in [2.24, 2.45) is 11.8 Å². The van der Waals surface area contributed by atoms with Gasteiger partial charge in [0.1, 0.15) is 5.92 Å². The third-order valence-corrected chi connectivity index (χ3v) is 7.68. The second kappa shape index (κ2) is 9.54. The molecule has 37 heavy (non-hydrogen) atoms. The summed E-state index contributed by atoms with van der Waals surface area (Å²) in [5.41, 5.74) is 5.29. The van der Waals surface area contributed by atoms with Crippen LogP contribution in [-0.4, -0.2) is 36.0 Å². The maximum atomic E-state index is 13.9. The smallest absolute Gasteiger partial charge is 0.336 e. The van der Waals surface area contributed by atoms with E-state index in [1.54, 1.807) is 6.92 Å². The zero-order valence-corrected chi connectivity index (χ0v) is 21.9. The SMILES string of the molecule is CCOC(=O)C1=C(C)NC2=C(C(=O)C(C(=O)OC)C(C)C2)C1c1ccc2c(c1)c1ccccc1n2CC. The topological polar surface area (TPSA) is 86.6 Å². The second-order valence-corrected chi connectivity index (χ2v) is 9.79. The molecule has 7 nitrogen and oxygen atoms in total. The number of para-hydroxylation sites is 1. The minimum absolute atomic E-state index is 0.215. The number of hydrogen-bond acceptors (Lipinski definition) is 6. The molecule has 1 aliphatic carbocycles. The molecule has 5 rings (SSSR count). The van der Waals surface area contributed by atoms with Gasteiger partial charge in [0.05, 0.1) is 19.3 Å². The zero-order valence-electron chi connectivity index (χ0n) is 21.9. The first-order valence-electron chi connectivity index (χ1n) is 12.8. The molecular weight excluding hydrogens is 468 g/mol. The van der Waals surface area contributed by atoms with E-state index in [0.717, 1.165) is 39.6 Å². The number of esters is 2. The number of aromatic nitrogens is 1. The summed E-state index contributed by atoms with van der Waals surface area (Å²) in [6.45, 7) is 8.63. The molecule has 0 saturated carbocycles. The first-order valence-corrected chi connectivity index (χ1v) is 12.8. The van der Waals surface area contributed by atoms with Crippen molar-refractivity contribution >= 4 is 39.5 Å². The van der Waals surface area contributed by atoms with Crippen LogP contribution < -0.4 is 5.32 Å². The average molecular weight is 501 g/mol. The second-order valence-electron chi connectivity index (χ2n) is 9.79. The van der Waals surface area contributed by atoms with Crippen LogP contribution in [0.2, 0.25) is 0 Å². The third-order valence-electron chi connectivity index (χ3n) is 7.68. The molecule has 2 aliphatic rings. The predicted octanol–water partition coefficient (Wildman–Crippen LogP) is 4.99. The number of hydrogen-bond donors (Lipinski definition) is 1. The Hall–Kier alpha value is -3.87. The van der Waals surface area contributed by atoms with Gasteiger partial charge in [-0.05, 0) is 56.9 Å². The van der Waals surface area contributed by atoms with Gasteiger partial charge in [-0.15, -0.1) is 0 Å². The minimum atomic E-state index is -0.916. The van der Waals surface area contributed by atoms with Crippen LogP contribution in [0, 0.1) is 11.8 Å². The molecule has 2 heterocycles. The Morgan fingerprint density at radius 1 is 1.08 bits per heavy atom. The van der Waals surface area contributed by atoms with Gasteiger partial charge in [0.15, 0.2) is 5.78 Å². The maximum absolute atomic E-state index is 13.9. The van der Waals surface area contributed by atoms with Crippen molar-refractivity contribution in [1.29, 1.82) is 0 Å². The van der Waals surface area contributed by atoms with Gasteiger partial charge in [0.2, 0.25) is 0 Å². The van der Waals surface area contributed by atoms with Crippen molar-refractivity contribution < 1.29 is 23.9 Å². The van der Waals surface area contributed by atoms with Crippen molar-refractivity contribution in [3.63, 3.8) is 0 Å². The van der Waals surface area contributed by atoms with E-state index < -0.39 is 23.8 Å². The van der Waals surface area contributed by atoms with Crippen molar-refractivity contribution in [3.8, 4) is 0 Å². The minimum Gasteiger partial charge on any atom is -0.468 e. The summed E-state index contributed by atoms with van der Waals surface area (Å²) in [7, 11) is 1.30. The van der Waals surface area contributed by atoms with Gasteiger partial charge in [-0.25, -0.2) is 4.79 Å². The number of allylic oxidation sites excluding steroid dienone is 3. The fourth-order valence-corrected chi connectivity index (χ4v) is 6.08. The monoisotopic (exact) mass is 500 g/mol. The highest BCUT2D eigenvalue weighted by Crippen LogP contribution is 2.46. The Morgan fingerprint density at radius 3 is 2.51 bits per heavy atom. The van der Waals surface area contributed by atoms with E-state index in [1.165, 1.54) is 7.11 Å². The molecule has 0 spiro atoms. The van der Waals surface area contributed by atoms with Gasteiger partial charge in [-0.2, -0.15) is 0 Å². The molecule has 3 atom stereocenters. The molecule has 7 heteroatoms. The normalized spacial score (nSPS) is 21.8. The first kappa shape index (κ1) is 24.8. The van der Waals surface area contributed by atoms with E-state index in [-0.39, 0.29) is 18.3 Å². The van der Waals surface area contributed by atoms with Crippen LogP contribution in [0.3, 0.4) is 0 Å². The van der Waals surface area contributed by atoms with Crippen LogP contribution in [0.1, 0.15) is 45.6 Å². The third kappa shape index (κ3) is 3.84. The molecule has 3 unspecified atom stereocenters. The Kier molecular flexibility index (Phi) is 6.40. The number of aryl methyl sites for hydroxylation is 1. The number of nitrogens with one attached hydrogen (secondary N) is 1. The molecule has 1 N–H and O–H groups in total. The number of nitrogens with zero attached hydrogens (tertiary/aromatic N) is 1. The fraction of sp³-hybridized carbons (Fsp3) is 0.367. The number of ketones is 1. The number of rotatable bonds is 5. The summed E-state index contributed by atoms with van der Waals surface area (Å²) in [6.07, 6.45) is 0.502. The van der Waals surface area contributed by atoms with Gasteiger partial charge < -0.3 is 19.4 Å². The number of benzene rings is 2. The summed E-state index contributed by atoms with van der Waals surface area (Å²) in [5, 5.41) is 5.47. The van der Waals surface area contributed by atoms with Crippen LogP contribution in [0.25, 0.3) is 21.8 Å². The highest BCUT2D eigenvalue weighted by atomic mass is 16.5. The number of carbonyl (C=O) groups is 3. The molecule has 0 amide bonds. The molecule has 1 aliphatic heterocycles. The van der Waals surface area contributed by atoms with Gasteiger partial charge in [-0.1, -0.05) is 31.2 Å². The van der Waals surface area contributed by atoms with Crippen LogP contribution in [0.5, 0.6) is 0 Å². The summed E-state index contributed by atoms with van der Waals surface area (Å²) >= 11 is 0. The Balaban J connectivity index is 1.76. The largest absolute Gasteiger partial charge is 0.468 e. The highest BCUT2D eigenvalue weighted by molar-refractivity contribution is 6.13. The standard InChI is InChI=1S/C30H32N2O5/c1-6-32-22-11-9-8-10-19(22)20-15-18(12-13-23(20)32)26-25(30(35)37-7-2)17(4)31-21-14-16(3)24(29(34)36-5)28(33)27(21)26/h8-13,15-16,24,26,31H,6-7,14H2,1-5H3. The summed E-state index contributed by atoms with van der Waals surface area (Å²) in [6, 6.07) is 14.4. The molecular formula is C30H32N2O5. The Bertz CT molecular complexity index is 1510. The highest BCUT2D eigenvalue weighted by Gasteiger charge is 2.47. The van der Waals surface area contributed by atoms with E-state index in [2.05, 4.69) is 41.1 Å². The number of methoxy groups -OCH3 is 1. The van der Waals surface area contributed by atoms with Crippen LogP contribution in [-0.2, 0) is 30.4 Å². The average Bonchev–Trinajstić information content (AvgIpc) is 3.20. The van der Waals surface area contributed by atoms with E-state index in [4.69, 9.17) is 9.47 Å². The van der Waals surface area contributed by atoms with Crippen molar-refractivity contribution in [2.75, 3.05) is 13.7 Å². The lowest BCUT2D eigenvalue weighted by molar-refractivity contribution is -0.151. The Morgan fingerprint density at radius 2 is 1.81 bits per heavy atom. The van der Waals surface area contributed by atoms with Crippen LogP contribution in [0.15, 0.2) is 65.0 Å². The first-order chi connectivity index (χ1) is 17.8. The Labute approximate surface area is 216 Å². The van der Waals surface area contributed by atoms with E-state index in [1.807, 2.05) is 32.0 Å². The van der Waals surface area contributed by atoms with Gasteiger partial charge in [0, 0.05) is 51.2 Å². The van der Waals surface area contributed by atoms with Gasteiger partial charge in [0.25, 0.3) is 0 Å². The van der Waals surface area contributed by atoms with Crippen molar-refractivity contribution in [2.45, 2.75) is 46.6 Å². The number of carbonyl (C=O) groups excluding carboxylic acids is 3. The fourth-order valence-electron chi connectivity index (χ4n) is 6.08. The van der Waals surface area contributed by atoms with Crippen LogP contribution in [0.4, 0.5) is 0 Å². The zero-order chi connectivity index (χ0) is 26.4. The molecule has 0 saturated heterocycles. The summed E-state index contributed by atoms with van der Waals surface area (Å²) in [5.74, 6) is -3.12. The van der Waals surface area contributed by atoms with Gasteiger partial charge >= 0.3 is 11.9 Å². The molecule has 0 fully saturated rings. The molecule has 192 valence electrons. The van der Waals surface area contributed by atoms with Gasteiger partial charge in [-0.3, -0.25) is 9.59 Å². The maximum Gasteiger partial charge on any atom is 0.336 e. The van der Waals surface area contributed by atoms with Crippen molar-refractivity contribution in [1.82, 2.24) is 9.88 Å². The van der Waals surface area contributed by atoms with E-state index >= 15 is 0 Å².